The number of aromatic nitrogens is 1. The second-order valence-corrected chi connectivity index (χ2v) is 7.56. The first-order chi connectivity index (χ1) is 8.88. The Kier molecular flexibility index (Phi) is 4.40. The topological polar surface area (TPSA) is 30.0 Å². The third-order valence-corrected chi connectivity index (χ3v) is 4.60. The summed E-state index contributed by atoms with van der Waals surface area (Å²) in [7, 11) is 0. The molecule has 0 unspecified atom stereocenters. The van der Waals surface area contributed by atoms with Crippen LogP contribution in [0.2, 0.25) is 0 Å². The van der Waals surface area contributed by atoms with Crippen LogP contribution in [0, 0.1) is 3.57 Å². The van der Waals surface area contributed by atoms with Crippen LogP contribution in [0.3, 0.4) is 0 Å². The summed E-state index contributed by atoms with van der Waals surface area (Å²) < 4.78 is 0.998. The molecule has 19 heavy (non-hydrogen) atoms. The molecular formula is C15H16INOS. The Labute approximate surface area is 131 Å². The van der Waals surface area contributed by atoms with Gasteiger partial charge in [-0.05, 0) is 28.7 Å². The molecule has 0 fully saturated rings. The van der Waals surface area contributed by atoms with Crippen LogP contribution in [0.5, 0.6) is 0 Å². The van der Waals surface area contributed by atoms with E-state index in [0.29, 0.717) is 6.42 Å². The van der Waals surface area contributed by atoms with Gasteiger partial charge in [0.25, 0.3) is 0 Å². The largest absolute Gasteiger partial charge is 0.294 e. The molecule has 100 valence electrons. The summed E-state index contributed by atoms with van der Waals surface area (Å²) in [5, 5.41) is 2.95. The molecule has 0 N–H and O–H groups in total. The molecular weight excluding hydrogens is 369 g/mol. The maximum absolute atomic E-state index is 12.3. The Bertz CT molecular complexity index is 598. The maximum Gasteiger partial charge on any atom is 0.170 e. The van der Waals surface area contributed by atoms with Crippen molar-refractivity contribution in [3.05, 3.63) is 49.5 Å². The van der Waals surface area contributed by atoms with Gasteiger partial charge in [-0.3, -0.25) is 4.79 Å². The number of rotatable bonds is 3. The van der Waals surface area contributed by atoms with E-state index in [1.165, 1.54) is 0 Å². The Balaban J connectivity index is 2.16. The van der Waals surface area contributed by atoms with Gasteiger partial charge in [-0.1, -0.05) is 39.0 Å². The number of carbonyl (C=O) groups excluding carboxylic acids is 1. The molecule has 0 saturated carbocycles. The van der Waals surface area contributed by atoms with E-state index in [4.69, 9.17) is 0 Å². The van der Waals surface area contributed by atoms with Crippen LogP contribution >= 0.6 is 33.9 Å². The van der Waals surface area contributed by atoms with Crippen LogP contribution in [0.25, 0.3) is 0 Å². The lowest BCUT2D eigenvalue weighted by atomic mass is 9.93. The van der Waals surface area contributed by atoms with Crippen molar-refractivity contribution in [2.24, 2.45) is 0 Å². The zero-order chi connectivity index (χ0) is 14.0. The third-order valence-electron chi connectivity index (χ3n) is 2.81. The number of hydrogen-bond acceptors (Lipinski definition) is 3. The lowest BCUT2D eigenvalue weighted by Crippen LogP contribution is -2.12. The molecule has 0 aliphatic heterocycles. The van der Waals surface area contributed by atoms with Crippen LogP contribution in [0.15, 0.2) is 29.6 Å². The molecule has 1 heterocycles. The molecule has 4 heteroatoms. The van der Waals surface area contributed by atoms with E-state index >= 15 is 0 Å². The van der Waals surface area contributed by atoms with Crippen molar-refractivity contribution in [2.75, 3.05) is 0 Å². The van der Waals surface area contributed by atoms with Gasteiger partial charge in [0, 0.05) is 19.9 Å². The van der Waals surface area contributed by atoms with Crippen molar-refractivity contribution in [3.8, 4) is 0 Å². The fourth-order valence-corrected chi connectivity index (χ4v) is 3.36. The van der Waals surface area contributed by atoms with Crippen molar-refractivity contribution in [2.45, 2.75) is 32.6 Å². The van der Waals surface area contributed by atoms with Crippen molar-refractivity contribution in [1.29, 1.82) is 0 Å². The molecule has 1 aromatic heterocycles. The van der Waals surface area contributed by atoms with Crippen molar-refractivity contribution >= 4 is 39.7 Å². The number of benzene rings is 1. The maximum atomic E-state index is 12.3. The highest BCUT2D eigenvalue weighted by Crippen LogP contribution is 2.25. The average Bonchev–Trinajstić information content (AvgIpc) is 2.77. The summed E-state index contributed by atoms with van der Waals surface area (Å²) >= 11 is 3.77. The molecule has 0 radical (unpaired) electrons. The number of carbonyl (C=O) groups is 1. The minimum absolute atomic E-state index is 0.0406. The number of thiazole rings is 1. The molecule has 2 nitrogen and oxygen atoms in total. The molecule has 2 rings (SSSR count). The summed E-state index contributed by atoms with van der Waals surface area (Å²) in [4.78, 5) is 16.8. The van der Waals surface area contributed by atoms with Gasteiger partial charge in [-0.2, -0.15) is 0 Å². The van der Waals surface area contributed by atoms with Gasteiger partial charge < -0.3 is 0 Å². The first-order valence-corrected chi connectivity index (χ1v) is 8.06. The highest BCUT2D eigenvalue weighted by atomic mass is 127. The number of nitrogens with zero attached hydrogens (tertiary/aromatic N) is 1. The second-order valence-electron chi connectivity index (χ2n) is 5.46. The normalized spacial score (nSPS) is 11.6. The molecule has 0 saturated heterocycles. The SMILES string of the molecule is CC(C)(C)c1csc(CC(=O)c2ccccc2I)n1. The summed E-state index contributed by atoms with van der Waals surface area (Å²) in [6.45, 7) is 6.40. The van der Waals surface area contributed by atoms with E-state index in [0.717, 1.165) is 19.8 Å². The van der Waals surface area contributed by atoms with Crippen molar-refractivity contribution in [3.63, 3.8) is 0 Å². The Hall–Kier alpha value is -0.750. The van der Waals surface area contributed by atoms with Gasteiger partial charge in [-0.25, -0.2) is 4.98 Å². The number of Topliss-reactive ketones (excluding diaryl/α,β-unsaturated/α-hetero) is 1. The first-order valence-electron chi connectivity index (χ1n) is 6.10. The summed E-state index contributed by atoms with van der Waals surface area (Å²) in [5.74, 6) is 0.139. The predicted octanol–water partition coefficient (Wildman–Crippen LogP) is 4.47. The van der Waals surface area contributed by atoms with Crippen LogP contribution in [-0.4, -0.2) is 10.8 Å². The van der Waals surface area contributed by atoms with Gasteiger partial charge >= 0.3 is 0 Å². The molecule has 0 aliphatic rings. The van der Waals surface area contributed by atoms with Crippen LogP contribution in [0.1, 0.15) is 41.8 Å². The Morgan fingerprint density at radius 2 is 2.00 bits per heavy atom. The zero-order valence-electron chi connectivity index (χ0n) is 11.2. The molecule has 0 atom stereocenters. The minimum Gasteiger partial charge on any atom is -0.294 e. The summed E-state index contributed by atoms with van der Waals surface area (Å²) in [6, 6.07) is 7.68. The Morgan fingerprint density at radius 3 is 2.58 bits per heavy atom. The summed E-state index contributed by atoms with van der Waals surface area (Å²) in [5.41, 5.74) is 1.89. The molecule has 0 amide bonds. The van der Waals surface area contributed by atoms with Crippen LogP contribution < -0.4 is 0 Å². The fraction of sp³-hybridized carbons (Fsp3) is 0.333. The van der Waals surface area contributed by atoms with Gasteiger partial charge in [-0.15, -0.1) is 11.3 Å². The van der Waals surface area contributed by atoms with E-state index < -0.39 is 0 Å². The standard InChI is InChI=1S/C15H16INOS/c1-15(2,3)13-9-19-14(17-13)8-12(18)10-6-4-5-7-11(10)16/h4-7,9H,8H2,1-3H3. The molecule has 0 bridgehead atoms. The fourth-order valence-electron chi connectivity index (χ4n) is 1.66. The van der Waals surface area contributed by atoms with Gasteiger partial charge in [0.15, 0.2) is 5.78 Å². The van der Waals surface area contributed by atoms with Crippen LogP contribution in [0.4, 0.5) is 0 Å². The second kappa shape index (κ2) is 5.71. The molecule has 2 aromatic rings. The molecule has 0 aliphatic carbocycles. The number of hydrogen-bond donors (Lipinski definition) is 0. The predicted molar refractivity (Wildman–Crippen MR) is 88.0 cm³/mol. The summed E-state index contributed by atoms with van der Waals surface area (Å²) in [6.07, 6.45) is 0.390. The zero-order valence-corrected chi connectivity index (χ0v) is 14.2. The first kappa shape index (κ1) is 14.7. The molecule has 0 spiro atoms. The van der Waals surface area contributed by atoms with E-state index in [9.17, 15) is 4.79 Å². The number of ketones is 1. The third kappa shape index (κ3) is 3.63. The Morgan fingerprint density at radius 1 is 1.32 bits per heavy atom. The van der Waals surface area contributed by atoms with E-state index in [1.807, 2.05) is 24.3 Å². The smallest absolute Gasteiger partial charge is 0.170 e. The number of halogens is 1. The van der Waals surface area contributed by atoms with Gasteiger partial charge in [0.1, 0.15) is 5.01 Å². The van der Waals surface area contributed by atoms with Gasteiger partial charge in [0.2, 0.25) is 0 Å². The van der Waals surface area contributed by atoms with E-state index in [1.54, 1.807) is 11.3 Å². The lowest BCUT2D eigenvalue weighted by molar-refractivity contribution is 0.0992. The van der Waals surface area contributed by atoms with E-state index in [-0.39, 0.29) is 11.2 Å². The molecule has 1 aromatic carbocycles. The monoisotopic (exact) mass is 385 g/mol. The highest BCUT2D eigenvalue weighted by molar-refractivity contribution is 14.1. The van der Waals surface area contributed by atoms with Crippen molar-refractivity contribution < 1.29 is 4.79 Å². The van der Waals surface area contributed by atoms with Gasteiger partial charge in [0.05, 0.1) is 12.1 Å². The van der Waals surface area contributed by atoms with E-state index in [2.05, 4.69) is 53.7 Å². The minimum atomic E-state index is 0.0406. The quantitative estimate of drug-likeness (QED) is 0.577. The average molecular weight is 385 g/mol. The highest BCUT2D eigenvalue weighted by Gasteiger charge is 2.19. The van der Waals surface area contributed by atoms with Crippen molar-refractivity contribution in [1.82, 2.24) is 4.98 Å². The van der Waals surface area contributed by atoms with Crippen LogP contribution in [-0.2, 0) is 11.8 Å². The lowest BCUT2D eigenvalue weighted by Gasteiger charge is -2.14.